The van der Waals surface area contributed by atoms with Crippen LogP contribution in [-0.4, -0.2) is 23.1 Å². The molecular weight excluding hydrogens is 216 g/mol. The van der Waals surface area contributed by atoms with Crippen LogP contribution in [0.1, 0.15) is 38.8 Å². The summed E-state index contributed by atoms with van der Waals surface area (Å²) in [6, 6.07) is 5.60. The SMILES string of the molecule is CC(C)(C)OC(=O)CC(CN)c1ccccn1. The Balaban J connectivity index is 2.62. The molecule has 0 spiro atoms. The second-order valence-electron chi connectivity index (χ2n) is 4.98. The summed E-state index contributed by atoms with van der Waals surface area (Å²) in [5.41, 5.74) is 6.05. The predicted molar refractivity (Wildman–Crippen MR) is 66.5 cm³/mol. The van der Waals surface area contributed by atoms with Gasteiger partial charge in [0.1, 0.15) is 5.60 Å². The minimum Gasteiger partial charge on any atom is -0.460 e. The molecule has 0 bridgehead atoms. The van der Waals surface area contributed by atoms with Crippen LogP contribution in [0.25, 0.3) is 0 Å². The summed E-state index contributed by atoms with van der Waals surface area (Å²) >= 11 is 0. The van der Waals surface area contributed by atoms with Crippen LogP contribution in [-0.2, 0) is 9.53 Å². The molecule has 4 nitrogen and oxygen atoms in total. The van der Waals surface area contributed by atoms with Crippen molar-refractivity contribution in [2.24, 2.45) is 5.73 Å². The largest absolute Gasteiger partial charge is 0.460 e. The van der Waals surface area contributed by atoms with Crippen molar-refractivity contribution in [2.45, 2.75) is 38.7 Å². The van der Waals surface area contributed by atoms with Gasteiger partial charge in [-0.2, -0.15) is 0 Å². The molecule has 1 rings (SSSR count). The monoisotopic (exact) mass is 236 g/mol. The second-order valence-corrected chi connectivity index (χ2v) is 4.98. The van der Waals surface area contributed by atoms with Crippen molar-refractivity contribution in [3.63, 3.8) is 0 Å². The zero-order valence-corrected chi connectivity index (χ0v) is 10.6. The molecule has 0 aliphatic rings. The summed E-state index contributed by atoms with van der Waals surface area (Å²) in [6.45, 7) is 5.94. The molecule has 1 atom stereocenters. The van der Waals surface area contributed by atoms with E-state index in [1.54, 1.807) is 6.20 Å². The van der Waals surface area contributed by atoms with E-state index in [1.807, 2.05) is 39.0 Å². The normalized spacial score (nSPS) is 13.2. The number of carbonyl (C=O) groups excluding carboxylic acids is 1. The summed E-state index contributed by atoms with van der Waals surface area (Å²) < 4.78 is 5.27. The molecule has 4 heteroatoms. The van der Waals surface area contributed by atoms with Crippen LogP contribution in [0.4, 0.5) is 0 Å². The number of carbonyl (C=O) groups is 1. The highest BCUT2D eigenvalue weighted by Crippen LogP contribution is 2.18. The number of esters is 1. The lowest BCUT2D eigenvalue weighted by atomic mass is 10.0. The summed E-state index contributed by atoms with van der Waals surface area (Å²) in [5, 5.41) is 0. The maximum atomic E-state index is 11.7. The molecular formula is C13H20N2O2. The fourth-order valence-electron chi connectivity index (χ4n) is 1.51. The highest BCUT2D eigenvalue weighted by Gasteiger charge is 2.21. The van der Waals surface area contributed by atoms with Gasteiger partial charge in [-0.25, -0.2) is 0 Å². The van der Waals surface area contributed by atoms with Crippen LogP contribution in [0.15, 0.2) is 24.4 Å². The van der Waals surface area contributed by atoms with Crippen LogP contribution in [0.5, 0.6) is 0 Å². The van der Waals surface area contributed by atoms with E-state index in [2.05, 4.69) is 4.98 Å². The molecule has 1 heterocycles. The lowest BCUT2D eigenvalue weighted by Gasteiger charge is -2.21. The Morgan fingerprint density at radius 2 is 2.18 bits per heavy atom. The minimum atomic E-state index is -0.458. The van der Waals surface area contributed by atoms with Crippen molar-refractivity contribution < 1.29 is 9.53 Å². The lowest BCUT2D eigenvalue weighted by Crippen LogP contribution is -2.26. The fourth-order valence-corrected chi connectivity index (χ4v) is 1.51. The number of rotatable bonds is 4. The Morgan fingerprint density at radius 3 is 2.65 bits per heavy atom. The van der Waals surface area contributed by atoms with E-state index < -0.39 is 5.60 Å². The zero-order valence-electron chi connectivity index (χ0n) is 10.6. The van der Waals surface area contributed by atoms with Gasteiger partial charge >= 0.3 is 5.97 Å². The van der Waals surface area contributed by atoms with Gasteiger partial charge < -0.3 is 10.5 Å². The molecule has 1 aromatic heterocycles. The predicted octanol–water partition coefficient (Wildman–Crippen LogP) is 1.86. The molecule has 2 N–H and O–H groups in total. The summed E-state index contributed by atoms with van der Waals surface area (Å²) in [6.07, 6.45) is 1.97. The highest BCUT2D eigenvalue weighted by molar-refractivity contribution is 5.71. The average molecular weight is 236 g/mol. The van der Waals surface area contributed by atoms with Crippen molar-refractivity contribution in [1.29, 1.82) is 0 Å². The first-order chi connectivity index (χ1) is 7.92. The van der Waals surface area contributed by atoms with E-state index in [9.17, 15) is 4.79 Å². The second kappa shape index (κ2) is 5.77. The van der Waals surface area contributed by atoms with E-state index >= 15 is 0 Å². The molecule has 0 aromatic carbocycles. The van der Waals surface area contributed by atoms with Gasteiger partial charge in [-0.15, -0.1) is 0 Å². The third-order valence-corrected chi connectivity index (χ3v) is 2.22. The van der Waals surface area contributed by atoms with Crippen LogP contribution >= 0.6 is 0 Å². The smallest absolute Gasteiger partial charge is 0.307 e. The van der Waals surface area contributed by atoms with E-state index in [-0.39, 0.29) is 18.3 Å². The van der Waals surface area contributed by atoms with Gasteiger partial charge in [0, 0.05) is 24.4 Å². The third kappa shape index (κ3) is 4.95. The number of nitrogens with two attached hydrogens (primary N) is 1. The quantitative estimate of drug-likeness (QED) is 0.810. The van der Waals surface area contributed by atoms with Crippen LogP contribution < -0.4 is 5.73 Å². The van der Waals surface area contributed by atoms with Gasteiger partial charge in [-0.3, -0.25) is 9.78 Å². The van der Waals surface area contributed by atoms with Crippen LogP contribution in [0.2, 0.25) is 0 Å². The fraction of sp³-hybridized carbons (Fsp3) is 0.538. The number of nitrogens with zero attached hydrogens (tertiary/aromatic N) is 1. The van der Waals surface area contributed by atoms with Crippen molar-refractivity contribution in [3.8, 4) is 0 Å². The van der Waals surface area contributed by atoms with Crippen molar-refractivity contribution in [2.75, 3.05) is 6.54 Å². The molecule has 0 saturated heterocycles. The van der Waals surface area contributed by atoms with Crippen molar-refractivity contribution in [3.05, 3.63) is 30.1 Å². The highest BCUT2D eigenvalue weighted by atomic mass is 16.6. The third-order valence-electron chi connectivity index (χ3n) is 2.22. The summed E-state index contributed by atoms with van der Waals surface area (Å²) in [5.74, 6) is -0.315. The van der Waals surface area contributed by atoms with E-state index in [1.165, 1.54) is 0 Å². The Hall–Kier alpha value is -1.42. The number of hydrogen-bond donors (Lipinski definition) is 1. The van der Waals surface area contributed by atoms with Gasteiger partial charge in [0.05, 0.1) is 6.42 Å². The topological polar surface area (TPSA) is 65.2 Å². The average Bonchev–Trinajstić information content (AvgIpc) is 2.24. The summed E-state index contributed by atoms with van der Waals surface area (Å²) in [7, 11) is 0. The molecule has 0 radical (unpaired) electrons. The molecule has 1 aromatic rings. The molecule has 17 heavy (non-hydrogen) atoms. The maximum Gasteiger partial charge on any atom is 0.307 e. The van der Waals surface area contributed by atoms with E-state index in [0.717, 1.165) is 5.69 Å². The number of pyridine rings is 1. The Kier molecular flexibility index (Phi) is 4.63. The van der Waals surface area contributed by atoms with Gasteiger partial charge in [0.2, 0.25) is 0 Å². The standard InChI is InChI=1S/C13H20N2O2/c1-13(2,3)17-12(16)8-10(9-14)11-6-4-5-7-15-11/h4-7,10H,8-9,14H2,1-3H3. The van der Waals surface area contributed by atoms with Crippen molar-refractivity contribution >= 4 is 5.97 Å². The minimum absolute atomic E-state index is 0.0777. The molecule has 1 unspecified atom stereocenters. The zero-order chi connectivity index (χ0) is 12.9. The number of hydrogen-bond acceptors (Lipinski definition) is 4. The first-order valence-electron chi connectivity index (χ1n) is 5.75. The van der Waals surface area contributed by atoms with Gasteiger partial charge in [-0.05, 0) is 32.9 Å². The molecule has 0 aliphatic carbocycles. The van der Waals surface area contributed by atoms with Crippen molar-refractivity contribution in [1.82, 2.24) is 4.98 Å². The van der Waals surface area contributed by atoms with Gasteiger partial charge in [-0.1, -0.05) is 6.07 Å². The number of ether oxygens (including phenoxy) is 1. The molecule has 0 aliphatic heterocycles. The first kappa shape index (κ1) is 13.6. The van der Waals surface area contributed by atoms with Crippen LogP contribution in [0.3, 0.4) is 0 Å². The maximum absolute atomic E-state index is 11.7. The Bertz CT molecular complexity index is 357. The molecule has 0 amide bonds. The van der Waals surface area contributed by atoms with Gasteiger partial charge in [0.25, 0.3) is 0 Å². The Labute approximate surface area is 102 Å². The molecule has 0 fully saturated rings. The first-order valence-corrected chi connectivity index (χ1v) is 5.75. The van der Waals surface area contributed by atoms with E-state index in [4.69, 9.17) is 10.5 Å². The lowest BCUT2D eigenvalue weighted by molar-refractivity contribution is -0.155. The van der Waals surface area contributed by atoms with Gasteiger partial charge in [0.15, 0.2) is 0 Å². The summed E-state index contributed by atoms with van der Waals surface area (Å²) in [4.78, 5) is 15.9. The Morgan fingerprint density at radius 1 is 1.47 bits per heavy atom. The van der Waals surface area contributed by atoms with Crippen LogP contribution in [0, 0.1) is 0 Å². The van der Waals surface area contributed by atoms with E-state index in [0.29, 0.717) is 6.54 Å². The number of aromatic nitrogens is 1. The molecule has 0 saturated carbocycles. The molecule has 94 valence electrons.